The standard InChI is InChI=1S/C9H10BrNO2/c1-11(2)9(12)13-8-5-3-4-7(10)6-8/h3-6H,1-2H3. The summed E-state index contributed by atoms with van der Waals surface area (Å²) in [6.07, 6.45) is -0.377. The van der Waals surface area contributed by atoms with Crippen LogP contribution in [0.2, 0.25) is 0 Å². The lowest BCUT2D eigenvalue weighted by Gasteiger charge is -2.10. The van der Waals surface area contributed by atoms with E-state index >= 15 is 0 Å². The first-order valence-electron chi connectivity index (χ1n) is 3.74. The molecule has 0 aliphatic carbocycles. The predicted molar refractivity (Wildman–Crippen MR) is 53.9 cm³/mol. The van der Waals surface area contributed by atoms with E-state index in [1.54, 1.807) is 26.2 Å². The zero-order valence-electron chi connectivity index (χ0n) is 7.45. The molecular formula is C9H10BrNO2. The fourth-order valence-electron chi connectivity index (χ4n) is 0.723. The highest BCUT2D eigenvalue weighted by Gasteiger charge is 2.05. The molecule has 0 bridgehead atoms. The van der Waals surface area contributed by atoms with Crippen molar-refractivity contribution in [1.82, 2.24) is 4.90 Å². The molecule has 0 unspecified atom stereocenters. The van der Waals surface area contributed by atoms with Gasteiger partial charge in [-0.3, -0.25) is 0 Å². The van der Waals surface area contributed by atoms with E-state index in [1.807, 2.05) is 12.1 Å². The summed E-state index contributed by atoms with van der Waals surface area (Å²) in [7, 11) is 3.28. The van der Waals surface area contributed by atoms with E-state index in [1.165, 1.54) is 4.90 Å². The Labute approximate surface area is 85.4 Å². The maximum atomic E-state index is 11.1. The molecule has 0 atom stereocenters. The van der Waals surface area contributed by atoms with Gasteiger partial charge in [-0.05, 0) is 18.2 Å². The number of rotatable bonds is 1. The number of nitrogens with zero attached hydrogens (tertiary/aromatic N) is 1. The third kappa shape index (κ3) is 3.06. The Hall–Kier alpha value is -1.03. The van der Waals surface area contributed by atoms with Crippen molar-refractivity contribution < 1.29 is 9.53 Å². The zero-order valence-corrected chi connectivity index (χ0v) is 9.04. The molecule has 1 rings (SSSR count). The maximum Gasteiger partial charge on any atom is 0.414 e. The van der Waals surface area contributed by atoms with Gasteiger partial charge in [0.2, 0.25) is 0 Å². The molecule has 0 saturated heterocycles. The zero-order chi connectivity index (χ0) is 9.84. The minimum Gasteiger partial charge on any atom is -0.410 e. The molecule has 0 saturated carbocycles. The molecule has 0 fully saturated rings. The fourth-order valence-corrected chi connectivity index (χ4v) is 1.10. The average Bonchev–Trinajstić information content (AvgIpc) is 2.04. The van der Waals surface area contributed by atoms with Crippen LogP contribution in [-0.2, 0) is 0 Å². The molecule has 1 aromatic carbocycles. The van der Waals surface area contributed by atoms with E-state index in [9.17, 15) is 4.79 Å². The number of ether oxygens (including phenoxy) is 1. The number of carbonyl (C=O) groups is 1. The summed E-state index contributed by atoms with van der Waals surface area (Å²) in [6, 6.07) is 7.14. The molecule has 1 aromatic rings. The van der Waals surface area contributed by atoms with Gasteiger partial charge in [0.15, 0.2) is 0 Å². The number of amides is 1. The molecule has 0 heterocycles. The van der Waals surface area contributed by atoms with Crippen molar-refractivity contribution in [3.05, 3.63) is 28.7 Å². The highest BCUT2D eigenvalue weighted by molar-refractivity contribution is 9.10. The van der Waals surface area contributed by atoms with E-state index in [0.717, 1.165) is 4.47 Å². The lowest BCUT2D eigenvalue weighted by Crippen LogP contribution is -2.25. The SMILES string of the molecule is CN(C)C(=O)Oc1cccc(Br)c1. The van der Waals surface area contributed by atoms with Gasteiger partial charge < -0.3 is 9.64 Å². The Morgan fingerprint density at radius 2 is 2.15 bits per heavy atom. The Balaban J connectivity index is 2.69. The van der Waals surface area contributed by atoms with Crippen LogP contribution < -0.4 is 4.74 Å². The highest BCUT2D eigenvalue weighted by atomic mass is 79.9. The van der Waals surface area contributed by atoms with Crippen molar-refractivity contribution in [2.75, 3.05) is 14.1 Å². The second kappa shape index (κ2) is 4.28. The van der Waals surface area contributed by atoms with Crippen LogP contribution in [0.5, 0.6) is 5.75 Å². The molecule has 0 aromatic heterocycles. The van der Waals surface area contributed by atoms with Crippen LogP contribution in [0.15, 0.2) is 28.7 Å². The van der Waals surface area contributed by atoms with Crippen molar-refractivity contribution in [2.24, 2.45) is 0 Å². The van der Waals surface area contributed by atoms with Crippen LogP contribution in [0.4, 0.5) is 4.79 Å². The first-order chi connectivity index (χ1) is 6.09. The van der Waals surface area contributed by atoms with Crippen molar-refractivity contribution in [2.45, 2.75) is 0 Å². The summed E-state index contributed by atoms with van der Waals surface area (Å²) in [5, 5.41) is 0. The number of carbonyl (C=O) groups excluding carboxylic acids is 1. The van der Waals surface area contributed by atoms with E-state index in [2.05, 4.69) is 15.9 Å². The smallest absolute Gasteiger partial charge is 0.410 e. The van der Waals surface area contributed by atoms with Crippen LogP contribution in [-0.4, -0.2) is 25.1 Å². The van der Waals surface area contributed by atoms with Gasteiger partial charge in [-0.2, -0.15) is 0 Å². The normalized spacial score (nSPS) is 9.46. The van der Waals surface area contributed by atoms with Crippen LogP contribution >= 0.6 is 15.9 Å². The number of halogens is 1. The molecular weight excluding hydrogens is 234 g/mol. The van der Waals surface area contributed by atoms with E-state index in [0.29, 0.717) is 5.75 Å². The molecule has 1 amide bonds. The molecule has 4 heteroatoms. The minimum atomic E-state index is -0.377. The molecule has 0 radical (unpaired) electrons. The largest absolute Gasteiger partial charge is 0.414 e. The Bertz CT molecular complexity index is 312. The monoisotopic (exact) mass is 243 g/mol. The third-order valence-electron chi connectivity index (χ3n) is 1.37. The predicted octanol–water partition coefficient (Wildman–Crippen LogP) is 2.51. The van der Waals surface area contributed by atoms with Crippen molar-refractivity contribution in [3.63, 3.8) is 0 Å². The Kier molecular flexibility index (Phi) is 3.31. The van der Waals surface area contributed by atoms with Gasteiger partial charge in [-0.1, -0.05) is 22.0 Å². The number of hydrogen-bond donors (Lipinski definition) is 0. The van der Waals surface area contributed by atoms with Gasteiger partial charge >= 0.3 is 6.09 Å². The lowest BCUT2D eigenvalue weighted by atomic mass is 10.3. The quantitative estimate of drug-likeness (QED) is 0.759. The summed E-state index contributed by atoms with van der Waals surface area (Å²) >= 11 is 3.28. The van der Waals surface area contributed by atoms with Gasteiger partial charge in [0.1, 0.15) is 5.75 Å². The van der Waals surface area contributed by atoms with E-state index in [4.69, 9.17) is 4.74 Å². The molecule has 3 nitrogen and oxygen atoms in total. The molecule has 0 aliphatic rings. The van der Waals surface area contributed by atoms with Crippen LogP contribution in [0.25, 0.3) is 0 Å². The van der Waals surface area contributed by atoms with Gasteiger partial charge in [0, 0.05) is 18.6 Å². The minimum absolute atomic E-state index is 0.377. The topological polar surface area (TPSA) is 29.5 Å². The summed E-state index contributed by atoms with van der Waals surface area (Å²) in [6.45, 7) is 0. The van der Waals surface area contributed by atoms with Gasteiger partial charge in [0.05, 0.1) is 0 Å². The molecule has 0 spiro atoms. The lowest BCUT2D eigenvalue weighted by molar-refractivity contribution is 0.172. The second-order valence-electron chi connectivity index (χ2n) is 2.72. The summed E-state index contributed by atoms with van der Waals surface area (Å²) in [5.41, 5.74) is 0. The van der Waals surface area contributed by atoms with Gasteiger partial charge in [0.25, 0.3) is 0 Å². The fraction of sp³-hybridized carbons (Fsp3) is 0.222. The van der Waals surface area contributed by atoms with Crippen LogP contribution in [0, 0.1) is 0 Å². The van der Waals surface area contributed by atoms with Crippen molar-refractivity contribution in [3.8, 4) is 5.75 Å². The first kappa shape index (κ1) is 10.1. The molecule has 70 valence electrons. The summed E-state index contributed by atoms with van der Waals surface area (Å²) in [5.74, 6) is 0.535. The Morgan fingerprint density at radius 3 is 2.69 bits per heavy atom. The summed E-state index contributed by atoms with van der Waals surface area (Å²) in [4.78, 5) is 12.5. The van der Waals surface area contributed by atoms with Gasteiger partial charge in [-0.15, -0.1) is 0 Å². The molecule has 0 N–H and O–H groups in total. The number of benzene rings is 1. The van der Waals surface area contributed by atoms with E-state index in [-0.39, 0.29) is 6.09 Å². The Morgan fingerprint density at radius 1 is 1.46 bits per heavy atom. The molecule has 0 aliphatic heterocycles. The second-order valence-corrected chi connectivity index (χ2v) is 3.64. The highest BCUT2D eigenvalue weighted by Crippen LogP contribution is 2.17. The van der Waals surface area contributed by atoms with Gasteiger partial charge in [-0.25, -0.2) is 4.79 Å². The van der Waals surface area contributed by atoms with E-state index < -0.39 is 0 Å². The van der Waals surface area contributed by atoms with Crippen molar-refractivity contribution in [1.29, 1.82) is 0 Å². The molecule has 13 heavy (non-hydrogen) atoms. The summed E-state index contributed by atoms with van der Waals surface area (Å²) < 4.78 is 5.90. The average molecular weight is 244 g/mol. The number of hydrogen-bond acceptors (Lipinski definition) is 2. The van der Waals surface area contributed by atoms with Crippen molar-refractivity contribution >= 4 is 22.0 Å². The first-order valence-corrected chi connectivity index (χ1v) is 4.53. The maximum absolute atomic E-state index is 11.1. The third-order valence-corrected chi connectivity index (χ3v) is 1.86. The van der Waals surface area contributed by atoms with Crippen LogP contribution in [0.1, 0.15) is 0 Å². The van der Waals surface area contributed by atoms with Crippen LogP contribution in [0.3, 0.4) is 0 Å².